The van der Waals surface area contributed by atoms with Gasteiger partial charge in [0, 0.05) is 5.41 Å². The zero-order chi connectivity index (χ0) is 8.77. The molecule has 1 aromatic rings. The Morgan fingerprint density at radius 1 is 1.58 bits per heavy atom. The van der Waals surface area contributed by atoms with Gasteiger partial charge in [-0.1, -0.05) is 12.1 Å². The van der Waals surface area contributed by atoms with Crippen LogP contribution in [0.3, 0.4) is 0 Å². The van der Waals surface area contributed by atoms with Crippen molar-refractivity contribution in [1.29, 1.82) is 0 Å². The van der Waals surface area contributed by atoms with Crippen LogP contribution in [-0.2, 0) is 5.41 Å². The quantitative estimate of drug-likeness (QED) is 0.666. The summed E-state index contributed by atoms with van der Waals surface area (Å²) in [4.78, 5) is 4.23. The lowest BCUT2D eigenvalue weighted by atomic mass is 10.1. The van der Waals surface area contributed by atoms with E-state index >= 15 is 0 Å². The second-order valence-electron chi connectivity index (χ2n) is 3.63. The molecule has 66 valence electrons. The van der Waals surface area contributed by atoms with Crippen LogP contribution in [0, 0.1) is 0 Å². The number of rotatable bonds is 2. The largest absolute Gasteiger partial charge is 0.338 e. The molecule has 4 heteroatoms. The van der Waals surface area contributed by atoms with E-state index in [0.717, 1.165) is 18.7 Å². The van der Waals surface area contributed by atoms with E-state index < -0.39 is 0 Å². The summed E-state index contributed by atoms with van der Waals surface area (Å²) in [7, 11) is 0. The third-order valence-electron chi connectivity index (χ3n) is 2.32. The first-order valence-electron chi connectivity index (χ1n) is 4.10. The zero-order valence-corrected chi connectivity index (χ0v) is 7.93. The van der Waals surface area contributed by atoms with Crippen molar-refractivity contribution in [1.82, 2.24) is 10.1 Å². The third kappa shape index (κ3) is 1.22. The summed E-state index contributed by atoms with van der Waals surface area (Å²) in [6.45, 7) is 3.97. The Morgan fingerprint density at radius 3 is 2.67 bits per heavy atom. The first-order valence-corrected chi connectivity index (χ1v) is 4.54. The normalized spacial score (nSPS) is 22.2. The maximum absolute atomic E-state index is 5.79. The van der Waals surface area contributed by atoms with Crippen molar-refractivity contribution in [3.05, 3.63) is 11.7 Å². The number of hydrogen-bond acceptors (Lipinski definition) is 3. The smallest absolute Gasteiger partial charge is 0.244 e. The van der Waals surface area contributed by atoms with E-state index in [1.165, 1.54) is 0 Å². The molecule has 1 unspecified atom stereocenters. The predicted octanol–water partition coefficient (Wildman–Crippen LogP) is 2.42. The fourth-order valence-electron chi connectivity index (χ4n) is 1.05. The minimum Gasteiger partial charge on any atom is -0.338 e. The standard InChI is InChI=1S/C8H11ClN2O/c1-5(9)6-10-7(11-12-6)8(2)3-4-8/h5H,3-4H2,1-2H3. The highest BCUT2D eigenvalue weighted by Crippen LogP contribution is 2.46. The van der Waals surface area contributed by atoms with Gasteiger partial charge in [0.1, 0.15) is 5.38 Å². The van der Waals surface area contributed by atoms with Gasteiger partial charge < -0.3 is 4.52 Å². The molecule has 2 rings (SSSR count). The number of nitrogens with zero attached hydrogens (tertiary/aromatic N) is 2. The van der Waals surface area contributed by atoms with E-state index in [1.807, 2.05) is 6.92 Å². The minimum absolute atomic E-state index is 0.174. The van der Waals surface area contributed by atoms with Crippen LogP contribution < -0.4 is 0 Å². The predicted molar refractivity (Wildman–Crippen MR) is 45.2 cm³/mol. The van der Waals surface area contributed by atoms with E-state index in [9.17, 15) is 0 Å². The molecule has 3 nitrogen and oxygen atoms in total. The summed E-state index contributed by atoms with van der Waals surface area (Å²) < 4.78 is 5.00. The summed E-state index contributed by atoms with van der Waals surface area (Å²) in [5, 5.41) is 3.71. The van der Waals surface area contributed by atoms with Gasteiger partial charge in [-0.05, 0) is 19.8 Å². The van der Waals surface area contributed by atoms with Gasteiger partial charge in [-0.3, -0.25) is 0 Å². The van der Waals surface area contributed by atoms with Crippen LogP contribution >= 0.6 is 11.6 Å². The molecule has 1 heterocycles. The molecular weight excluding hydrogens is 176 g/mol. The molecule has 0 bridgehead atoms. The Kier molecular flexibility index (Phi) is 1.65. The maximum atomic E-state index is 5.79. The molecule has 0 spiro atoms. The number of halogens is 1. The lowest BCUT2D eigenvalue weighted by Crippen LogP contribution is -2.02. The summed E-state index contributed by atoms with van der Waals surface area (Å²) >= 11 is 5.79. The Labute approximate surface area is 76.1 Å². The van der Waals surface area contributed by atoms with E-state index in [2.05, 4.69) is 17.1 Å². The highest BCUT2D eigenvalue weighted by atomic mass is 35.5. The fourth-order valence-corrected chi connectivity index (χ4v) is 1.14. The van der Waals surface area contributed by atoms with Crippen LogP contribution in [0.25, 0.3) is 0 Å². The third-order valence-corrected chi connectivity index (χ3v) is 2.51. The number of aromatic nitrogens is 2. The topological polar surface area (TPSA) is 38.9 Å². The van der Waals surface area contributed by atoms with Crippen molar-refractivity contribution >= 4 is 11.6 Å². The van der Waals surface area contributed by atoms with Crippen LogP contribution in [0.2, 0.25) is 0 Å². The van der Waals surface area contributed by atoms with Crippen molar-refractivity contribution in [3.63, 3.8) is 0 Å². The molecule has 0 aliphatic heterocycles. The second-order valence-corrected chi connectivity index (χ2v) is 4.29. The summed E-state index contributed by atoms with van der Waals surface area (Å²) in [5.41, 5.74) is 0.174. The summed E-state index contributed by atoms with van der Waals surface area (Å²) in [6, 6.07) is 0. The first kappa shape index (κ1) is 8.05. The Bertz CT molecular complexity index is 291. The van der Waals surface area contributed by atoms with Gasteiger partial charge in [-0.15, -0.1) is 11.6 Å². The van der Waals surface area contributed by atoms with E-state index in [0.29, 0.717) is 5.89 Å². The highest BCUT2D eigenvalue weighted by molar-refractivity contribution is 6.20. The van der Waals surface area contributed by atoms with E-state index in [4.69, 9.17) is 16.1 Å². The number of hydrogen-bond donors (Lipinski definition) is 0. The van der Waals surface area contributed by atoms with Crippen molar-refractivity contribution in [3.8, 4) is 0 Å². The Hall–Kier alpha value is -0.570. The van der Waals surface area contributed by atoms with Crippen molar-refractivity contribution in [2.24, 2.45) is 0 Å². The summed E-state index contributed by atoms with van der Waals surface area (Å²) in [5.74, 6) is 1.34. The SMILES string of the molecule is CC(Cl)c1nc(C2(C)CC2)no1. The van der Waals surface area contributed by atoms with Gasteiger partial charge in [0.25, 0.3) is 0 Å². The molecule has 1 atom stereocenters. The lowest BCUT2D eigenvalue weighted by Gasteiger charge is -1.97. The molecule has 0 amide bonds. The average Bonchev–Trinajstić information content (AvgIpc) is 2.61. The van der Waals surface area contributed by atoms with Gasteiger partial charge in [0.15, 0.2) is 5.82 Å². The molecule has 0 aromatic carbocycles. The molecule has 1 fully saturated rings. The Morgan fingerprint density at radius 2 is 2.25 bits per heavy atom. The van der Waals surface area contributed by atoms with Crippen LogP contribution in [0.4, 0.5) is 0 Å². The van der Waals surface area contributed by atoms with Gasteiger partial charge in [0.05, 0.1) is 0 Å². The maximum Gasteiger partial charge on any atom is 0.244 e. The molecule has 1 aliphatic carbocycles. The van der Waals surface area contributed by atoms with Crippen LogP contribution in [0.1, 0.15) is 43.8 Å². The van der Waals surface area contributed by atoms with E-state index in [1.54, 1.807) is 0 Å². The lowest BCUT2D eigenvalue weighted by molar-refractivity contribution is 0.370. The average molecular weight is 187 g/mol. The first-order chi connectivity index (χ1) is 5.62. The van der Waals surface area contributed by atoms with Crippen LogP contribution in [0.5, 0.6) is 0 Å². The van der Waals surface area contributed by atoms with Crippen LogP contribution in [0.15, 0.2) is 4.52 Å². The zero-order valence-electron chi connectivity index (χ0n) is 7.17. The van der Waals surface area contributed by atoms with Gasteiger partial charge in [-0.2, -0.15) is 4.98 Å². The molecule has 1 aliphatic rings. The minimum atomic E-state index is -0.186. The molecular formula is C8H11ClN2O. The highest BCUT2D eigenvalue weighted by Gasteiger charge is 2.43. The second kappa shape index (κ2) is 2.46. The fraction of sp³-hybridized carbons (Fsp3) is 0.750. The molecule has 12 heavy (non-hydrogen) atoms. The molecule has 0 saturated heterocycles. The Balaban J connectivity index is 2.25. The van der Waals surface area contributed by atoms with Crippen LogP contribution in [-0.4, -0.2) is 10.1 Å². The molecule has 0 radical (unpaired) electrons. The van der Waals surface area contributed by atoms with Gasteiger partial charge >= 0.3 is 0 Å². The van der Waals surface area contributed by atoms with Crippen molar-refractivity contribution in [2.75, 3.05) is 0 Å². The van der Waals surface area contributed by atoms with Crippen molar-refractivity contribution in [2.45, 2.75) is 37.5 Å². The number of alkyl halides is 1. The monoisotopic (exact) mass is 186 g/mol. The molecule has 1 saturated carbocycles. The van der Waals surface area contributed by atoms with Gasteiger partial charge in [0.2, 0.25) is 5.89 Å². The molecule has 1 aromatic heterocycles. The summed E-state index contributed by atoms with van der Waals surface area (Å²) in [6.07, 6.45) is 2.31. The van der Waals surface area contributed by atoms with Gasteiger partial charge in [-0.25, -0.2) is 0 Å². The van der Waals surface area contributed by atoms with Crippen molar-refractivity contribution < 1.29 is 4.52 Å². The van der Waals surface area contributed by atoms with E-state index in [-0.39, 0.29) is 10.8 Å². The molecule has 0 N–H and O–H groups in total.